The van der Waals surface area contributed by atoms with E-state index in [-0.39, 0.29) is 17.7 Å². The van der Waals surface area contributed by atoms with Crippen LogP contribution in [0.25, 0.3) is 11.0 Å². The molecule has 0 spiro atoms. The molecule has 9 nitrogen and oxygen atoms in total. The molecule has 31 heavy (non-hydrogen) atoms. The first-order valence-electron chi connectivity index (χ1n) is 10.4. The zero-order valence-corrected chi connectivity index (χ0v) is 17.8. The number of aromatic nitrogens is 4. The first kappa shape index (κ1) is 20.8. The van der Waals surface area contributed by atoms with Crippen LogP contribution >= 0.6 is 0 Å². The number of amides is 1. The zero-order valence-electron chi connectivity index (χ0n) is 17.8. The van der Waals surface area contributed by atoms with Crippen molar-refractivity contribution in [2.75, 3.05) is 19.7 Å². The van der Waals surface area contributed by atoms with E-state index in [0.717, 1.165) is 31.3 Å². The Kier molecular flexibility index (Phi) is 5.58. The average Bonchev–Trinajstić information content (AvgIpc) is 3.50. The van der Waals surface area contributed by atoms with Gasteiger partial charge in [-0.1, -0.05) is 0 Å². The number of ketones is 1. The van der Waals surface area contributed by atoms with Crippen molar-refractivity contribution < 1.29 is 19.1 Å². The molecule has 1 amide bonds. The van der Waals surface area contributed by atoms with Crippen molar-refractivity contribution in [3.8, 4) is 0 Å². The average molecular weight is 423 g/mol. The van der Waals surface area contributed by atoms with Crippen molar-refractivity contribution in [1.82, 2.24) is 24.6 Å². The number of carbonyl (C=O) groups is 3. The van der Waals surface area contributed by atoms with E-state index in [2.05, 4.69) is 15.1 Å². The number of ether oxygens (including phenoxy) is 1. The van der Waals surface area contributed by atoms with Crippen LogP contribution in [0.5, 0.6) is 0 Å². The van der Waals surface area contributed by atoms with E-state index in [4.69, 9.17) is 4.74 Å². The minimum Gasteiger partial charge on any atom is -0.454 e. The Morgan fingerprint density at radius 2 is 1.94 bits per heavy atom. The van der Waals surface area contributed by atoms with Crippen molar-refractivity contribution in [1.29, 1.82) is 0 Å². The number of esters is 1. The number of H-pyrrole nitrogens is 1. The number of rotatable bonds is 6. The molecule has 3 aromatic rings. The Bertz CT molecular complexity index is 1150. The summed E-state index contributed by atoms with van der Waals surface area (Å²) in [5.74, 6) is -1.13. The summed E-state index contributed by atoms with van der Waals surface area (Å²) in [6, 6.07) is 3.33. The Balaban J connectivity index is 1.42. The molecule has 3 aromatic heterocycles. The van der Waals surface area contributed by atoms with Crippen molar-refractivity contribution in [3.05, 3.63) is 47.0 Å². The van der Waals surface area contributed by atoms with Crippen molar-refractivity contribution >= 4 is 28.7 Å². The molecule has 0 radical (unpaired) electrons. The van der Waals surface area contributed by atoms with Crippen LogP contribution in [0.2, 0.25) is 0 Å². The molecule has 1 fully saturated rings. The molecular formula is C22H25N5O4. The predicted octanol–water partition coefficient (Wildman–Crippen LogP) is 2.92. The van der Waals surface area contributed by atoms with E-state index >= 15 is 0 Å². The Morgan fingerprint density at radius 1 is 1.19 bits per heavy atom. The van der Waals surface area contributed by atoms with Crippen molar-refractivity contribution in [2.24, 2.45) is 0 Å². The Morgan fingerprint density at radius 3 is 2.65 bits per heavy atom. The summed E-state index contributed by atoms with van der Waals surface area (Å²) in [5.41, 5.74) is 2.17. The third-order valence-electron chi connectivity index (χ3n) is 5.43. The molecule has 162 valence electrons. The fourth-order valence-electron chi connectivity index (χ4n) is 3.71. The summed E-state index contributed by atoms with van der Waals surface area (Å²) in [7, 11) is 0. The SMILES string of the molecule is Cc1nc2c(cnn2C(C)C)cc1C(=O)OCC(=O)c1c[nH]c(C(=O)N2CCCC2)c1. The molecule has 0 bridgehead atoms. The molecule has 0 aromatic carbocycles. The van der Waals surface area contributed by atoms with Crippen LogP contribution in [0.4, 0.5) is 0 Å². The standard InChI is InChI=1S/C22H25N5O4/c1-13(2)27-20-16(11-24-27)8-17(14(3)25-20)22(30)31-12-19(28)15-9-18(23-10-15)21(29)26-6-4-5-7-26/h8-11,13,23H,4-7,12H2,1-3H3. The molecule has 0 unspecified atom stereocenters. The number of likely N-dealkylation sites (tertiary alicyclic amines) is 1. The van der Waals surface area contributed by atoms with E-state index in [9.17, 15) is 14.4 Å². The lowest BCUT2D eigenvalue weighted by Crippen LogP contribution is -2.27. The van der Waals surface area contributed by atoms with E-state index in [0.29, 0.717) is 28.2 Å². The second-order valence-electron chi connectivity index (χ2n) is 8.02. The van der Waals surface area contributed by atoms with Gasteiger partial charge in [-0.3, -0.25) is 9.59 Å². The Labute approximate surface area is 179 Å². The van der Waals surface area contributed by atoms with Crippen LogP contribution in [0.15, 0.2) is 24.5 Å². The van der Waals surface area contributed by atoms with Gasteiger partial charge >= 0.3 is 5.97 Å². The molecule has 1 aliphatic heterocycles. The van der Waals surface area contributed by atoms with Gasteiger partial charge < -0.3 is 14.6 Å². The monoisotopic (exact) mass is 423 g/mol. The highest BCUT2D eigenvalue weighted by Gasteiger charge is 2.23. The summed E-state index contributed by atoms with van der Waals surface area (Å²) in [6.45, 7) is 6.76. The maximum Gasteiger partial charge on any atom is 0.340 e. The fraction of sp³-hybridized carbons (Fsp3) is 0.409. The number of aryl methyl sites for hydroxylation is 1. The van der Waals surface area contributed by atoms with E-state index in [1.54, 1.807) is 28.8 Å². The lowest BCUT2D eigenvalue weighted by atomic mass is 10.1. The minimum atomic E-state index is -0.624. The molecule has 0 atom stereocenters. The molecule has 1 saturated heterocycles. The van der Waals surface area contributed by atoms with Gasteiger partial charge in [-0.25, -0.2) is 14.5 Å². The smallest absolute Gasteiger partial charge is 0.340 e. The van der Waals surface area contributed by atoms with Gasteiger partial charge in [-0.2, -0.15) is 5.10 Å². The highest BCUT2D eigenvalue weighted by atomic mass is 16.5. The fourth-order valence-corrected chi connectivity index (χ4v) is 3.71. The minimum absolute atomic E-state index is 0.120. The number of pyridine rings is 1. The highest BCUT2D eigenvalue weighted by molar-refractivity contribution is 6.02. The van der Waals surface area contributed by atoms with Gasteiger partial charge in [0.25, 0.3) is 5.91 Å². The number of nitrogens with one attached hydrogen (secondary N) is 1. The van der Waals surface area contributed by atoms with Crippen molar-refractivity contribution in [3.63, 3.8) is 0 Å². The van der Waals surface area contributed by atoms with Crippen LogP contribution in [0.1, 0.15) is 69.6 Å². The summed E-state index contributed by atoms with van der Waals surface area (Å²) in [5, 5.41) is 5.04. The first-order valence-corrected chi connectivity index (χ1v) is 10.4. The number of hydrogen-bond acceptors (Lipinski definition) is 6. The number of fused-ring (bicyclic) bond motifs is 1. The quantitative estimate of drug-likeness (QED) is 0.482. The van der Waals surface area contributed by atoms with E-state index in [1.165, 1.54) is 12.3 Å². The van der Waals surface area contributed by atoms with Crippen LogP contribution < -0.4 is 0 Å². The number of aromatic amines is 1. The lowest BCUT2D eigenvalue weighted by Gasteiger charge is -2.13. The third-order valence-corrected chi connectivity index (χ3v) is 5.43. The third kappa shape index (κ3) is 4.08. The van der Waals surface area contributed by atoms with Gasteiger partial charge in [0.2, 0.25) is 5.78 Å². The van der Waals surface area contributed by atoms with Gasteiger partial charge in [0.05, 0.1) is 17.5 Å². The van der Waals surface area contributed by atoms with E-state index < -0.39 is 12.6 Å². The van der Waals surface area contributed by atoms with Crippen LogP contribution in [0, 0.1) is 6.92 Å². The molecule has 4 rings (SSSR count). The highest BCUT2D eigenvalue weighted by Crippen LogP contribution is 2.20. The first-order chi connectivity index (χ1) is 14.8. The molecule has 0 aliphatic carbocycles. The second kappa shape index (κ2) is 8.33. The van der Waals surface area contributed by atoms with Crippen LogP contribution in [-0.2, 0) is 4.74 Å². The summed E-state index contributed by atoms with van der Waals surface area (Å²) >= 11 is 0. The molecule has 1 aliphatic rings. The van der Waals surface area contributed by atoms with Gasteiger partial charge in [0.1, 0.15) is 5.69 Å². The summed E-state index contributed by atoms with van der Waals surface area (Å²) in [4.78, 5) is 46.5. The zero-order chi connectivity index (χ0) is 22.1. The topological polar surface area (TPSA) is 110 Å². The van der Waals surface area contributed by atoms with Gasteiger partial charge in [0, 0.05) is 36.3 Å². The molecule has 0 saturated carbocycles. The van der Waals surface area contributed by atoms with Crippen LogP contribution in [0.3, 0.4) is 0 Å². The van der Waals surface area contributed by atoms with Crippen molar-refractivity contribution in [2.45, 2.75) is 39.7 Å². The maximum absolute atomic E-state index is 12.6. The lowest BCUT2D eigenvalue weighted by molar-refractivity contribution is 0.0473. The summed E-state index contributed by atoms with van der Waals surface area (Å²) in [6.07, 6.45) is 5.11. The molecule has 1 N–H and O–H groups in total. The molecule has 4 heterocycles. The normalized spacial score (nSPS) is 13.9. The summed E-state index contributed by atoms with van der Waals surface area (Å²) < 4.78 is 7.02. The number of hydrogen-bond donors (Lipinski definition) is 1. The maximum atomic E-state index is 12.6. The predicted molar refractivity (Wildman–Crippen MR) is 113 cm³/mol. The largest absolute Gasteiger partial charge is 0.454 e. The number of Topliss-reactive ketones (excluding diaryl/α,β-unsaturated/α-hetero) is 1. The molecule has 9 heteroatoms. The van der Waals surface area contributed by atoms with Gasteiger partial charge in [-0.15, -0.1) is 0 Å². The second-order valence-corrected chi connectivity index (χ2v) is 8.02. The molecular weight excluding hydrogens is 398 g/mol. The number of carbonyl (C=O) groups excluding carboxylic acids is 3. The number of nitrogens with zero attached hydrogens (tertiary/aromatic N) is 4. The van der Waals surface area contributed by atoms with Gasteiger partial charge in [0.15, 0.2) is 12.3 Å². The van der Waals surface area contributed by atoms with Gasteiger partial charge in [-0.05, 0) is 45.7 Å². The van der Waals surface area contributed by atoms with Crippen LogP contribution in [-0.4, -0.2) is 62.0 Å². The Hall–Kier alpha value is -3.49. The van der Waals surface area contributed by atoms with E-state index in [1.807, 2.05) is 13.8 Å².